The number of nitrogens with zero attached hydrogens (tertiary/aromatic N) is 6. The van der Waals surface area contributed by atoms with Crippen LogP contribution in [0, 0.1) is 17.5 Å². The van der Waals surface area contributed by atoms with Gasteiger partial charge < -0.3 is 19.4 Å². The lowest BCUT2D eigenvalue weighted by Crippen LogP contribution is -2.41. The maximum absolute atomic E-state index is 14.9. The van der Waals surface area contributed by atoms with Crippen LogP contribution in [-0.2, 0) is 9.31 Å². The van der Waals surface area contributed by atoms with Crippen molar-refractivity contribution in [2.24, 2.45) is 0 Å². The first-order valence-electron chi connectivity index (χ1n) is 28.5. The number of rotatable bonds is 10. The highest BCUT2D eigenvalue weighted by Gasteiger charge is 2.52. The molecule has 0 spiro atoms. The monoisotopic (exact) mass is 1250 g/mol. The molecular weight excluding hydrogens is 1200 g/mol. The average molecular weight is 1250 g/mol. The highest BCUT2D eigenvalue weighted by Crippen LogP contribution is 2.38. The van der Waals surface area contributed by atoms with Crippen LogP contribution in [0.2, 0.25) is 15.3 Å². The van der Waals surface area contributed by atoms with E-state index in [-0.39, 0.29) is 26.6 Å². The molecule has 1 aliphatic rings. The SMILES string of the molecule is CC1(C)OB(c2cc(-c3nc(-c4ccccc4)cc(-c4ccccc4)n3)ccc2F)OC1(C)C.Clc1nc(-c2ccccc2)cc(-c2ccccc2)n1.Fc1ccc(-c2nc(-c3ccccc3)cc(-c3ccccc3)n2)cc1Cl.OB(O)c1ccc(F)c(Cl)c1. The molecule has 1 fully saturated rings. The Morgan fingerprint density at radius 3 is 0.944 bits per heavy atom. The molecule has 0 bridgehead atoms. The molecular formula is C72H56B2Cl3F3N6O4. The normalized spacial score (nSPS) is 12.7. The Hall–Kier alpha value is -9.15. The smallest absolute Gasteiger partial charge is 0.423 e. The van der Waals surface area contributed by atoms with Crippen molar-refractivity contribution in [3.8, 4) is 90.3 Å². The predicted octanol–water partition coefficient (Wildman–Crippen LogP) is 16.8. The zero-order valence-electron chi connectivity index (χ0n) is 49.1. The van der Waals surface area contributed by atoms with Gasteiger partial charge in [0, 0.05) is 50.0 Å². The Kier molecular flexibility index (Phi) is 20.6. The molecule has 2 N–H and O–H groups in total. The summed E-state index contributed by atoms with van der Waals surface area (Å²) < 4.78 is 53.1. The van der Waals surface area contributed by atoms with Gasteiger partial charge in [-0.15, -0.1) is 0 Å². The largest absolute Gasteiger partial charge is 0.497 e. The first-order chi connectivity index (χ1) is 43.4. The zero-order valence-corrected chi connectivity index (χ0v) is 51.3. The van der Waals surface area contributed by atoms with E-state index >= 15 is 0 Å². The van der Waals surface area contributed by atoms with Crippen LogP contribution in [0.3, 0.4) is 0 Å². The van der Waals surface area contributed by atoms with E-state index in [9.17, 15) is 13.2 Å². The van der Waals surface area contributed by atoms with Gasteiger partial charge in [-0.1, -0.05) is 211 Å². The average Bonchev–Trinajstić information content (AvgIpc) is 1.61. The Morgan fingerprint density at radius 2 is 0.633 bits per heavy atom. The Morgan fingerprint density at radius 1 is 0.344 bits per heavy atom. The van der Waals surface area contributed by atoms with Crippen molar-refractivity contribution in [1.82, 2.24) is 29.9 Å². The van der Waals surface area contributed by atoms with Gasteiger partial charge in [0.05, 0.1) is 55.4 Å². The minimum atomic E-state index is -1.60. The predicted molar refractivity (Wildman–Crippen MR) is 356 cm³/mol. The second-order valence-corrected chi connectivity index (χ2v) is 22.7. The quantitative estimate of drug-likeness (QED) is 0.101. The summed E-state index contributed by atoms with van der Waals surface area (Å²) in [5.41, 5.74) is 11.6. The molecule has 13 rings (SSSR count). The standard InChI is InChI=1S/C28H26BFN2O2.C22H14ClFN2.C16H11ClN2.C6H5BClFO2/c1-27(2)28(3,4)34-29(33-27)22-17-21(15-16-23(22)30)26-31-24(19-11-7-5-8-12-19)18-25(32-26)20-13-9-6-10-14-20;23-18-13-17(11-12-19(18)24)22-25-20(15-7-3-1-4-8-15)14-21(26-22)16-9-5-2-6-10-16;17-16-18-14(12-7-3-1-4-8-12)11-15(19-16)13-9-5-2-6-10-13;8-5-3-4(7(10)11)1-2-6(5)9/h5-18H,1-4H3;1-14H;1-11H;1-3,10-11H. The molecule has 4 heterocycles. The van der Waals surface area contributed by atoms with Gasteiger partial charge in [0.2, 0.25) is 5.28 Å². The van der Waals surface area contributed by atoms with E-state index < -0.39 is 37.1 Å². The van der Waals surface area contributed by atoms with Gasteiger partial charge in [-0.25, -0.2) is 43.1 Å². The van der Waals surface area contributed by atoms with Crippen molar-refractivity contribution < 1.29 is 32.5 Å². The maximum atomic E-state index is 14.9. The van der Waals surface area contributed by atoms with Crippen molar-refractivity contribution in [3.05, 3.63) is 288 Å². The highest BCUT2D eigenvalue weighted by molar-refractivity contribution is 6.62. The van der Waals surface area contributed by atoms with Crippen LogP contribution in [0.25, 0.3) is 90.3 Å². The van der Waals surface area contributed by atoms with E-state index in [0.717, 1.165) is 73.6 Å². The molecule has 12 aromatic rings. The molecule has 9 aromatic carbocycles. The van der Waals surface area contributed by atoms with Gasteiger partial charge in [-0.2, -0.15) is 0 Å². The number of halogens is 6. The second-order valence-electron chi connectivity index (χ2n) is 21.5. The maximum Gasteiger partial charge on any atom is 0.497 e. The van der Waals surface area contributed by atoms with E-state index in [4.69, 9.17) is 64.1 Å². The molecule has 90 heavy (non-hydrogen) atoms. The first kappa shape index (κ1) is 63.9. The summed E-state index contributed by atoms with van der Waals surface area (Å²) in [7, 11) is -2.41. The molecule has 0 radical (unpaired) electrons. The Balaban J connectivity index is 0.000000141. The van der Waals surface area contributed by atoms with Gasteiger partial charge in [-0.3, -0.25) is 0 Å². The summed E-state index contributed by atoms with van der Waals surface area (Å²) in [4.78, 5) is 27.6. The molecule has 0 aliphatic carbocycles. The van der Waals surface area contributed by atoms with E-state index in [1.165, 1.54) is 24.3 Å². The fourth-order valence-corrected chi connectivity index (χ4v) is 9.80. The number of benzene rings is 9. The zero-order chi connectivity index (χ0) is 63.4. The molecule has 1 saturated heterocycles. The summed E-state index contributed by atoms with van der Waals surface area (Å²) in [6.45, 7) is 7.81. The first-order valence-corrected chi connectivity index (χ1v) is 29.6. The summed E-state index contributed by atoms with van der Waals surface area (Å²) in [6.07, 6.45) is 0. The van der Waals surface area contributed by atoms with Crippen LogP contribution < -0.4 is 10.9 Å². The molecule has 1 aliphatic heterocycles. The van der Waals surface area contributed by atoms with E-state index in [0.29, 0.717) is 28.2 Å². The lowest BCUT2D eigenvalue weighted by atomic mass is 9.78. The van der Waals surface area contributed by atoms with Crippen LogP contribution in [0.4, 0.5) is 13.2 Å². The third kappa shape index (κ3) is 16.0. The fourth-order valence-electron chi connectivity index (χ4n) is 9.25. The summed E-state index contributed by atoms with van der Waals surface area (Å²) in [5.74, 6) is -0.399. The minimum Gasteiger partial charge on any atom is -0.423 e. The van der Waals surface area contributed by atoms with Gasteiger partial charge in [0.1, 0.15) is 17.5 Å². The third-order valence-electron chi connectivity index (χ3n) is 14.7. The molecule has 0 amide bonds. The van der Waals surface area contributed by atoms with E-state index in [2.05, 4.69) is 19.9 Å². The molecule has 0 atom stereocenters. The number of hydrogen-bond donors (Lipinski definition) is 2. The topological polar surface area (TPSA) is 136 Å². The number of hydrogen-bond acceptors (Lipinski definition) is 10. The third-order valence-corrected chi connectivity index (χ3v) is 15.5. The van der Waals surface area contributed by atoms with Crippen molar-refractivity contribution >= 4 is 60.0 Å². The highest BCUT2D eigenvalue weighted by atomic mass is 35.5. The van der Waals surface area contributed by atoms with Crippen LogP contribution in [0.1, 0.15) is 27.7 Å². The molecule has 0 saturated carbocycles. The Bertz CT molecular complexity index is 4200. The van der Waals surface area contributed by atoms with Gasteiger partial charge in [0.15, 0.2) is 11.6 Å². The van der Waals surface area contributed by atoms with E-state index in [1.54, 1.807) is 24.3 Å². The number of aromatic nitrogens is 6. The lowest BCUT2D eigenvalue weighted by molar-refractivity contribution is 0.00578. The minimum absolute atomic E-state index is 0.0532. The van der Waals surface area contributed by atoms with Crippen LogP contribution in [0.5, 0.6) is 0 Å². The molecule has 18 heteroatoms. The summed E-state index contributed by atoms with van der Waals surface area (Å²) in [6, 6.07) is 78.4. The van der Waals surface area contributed by atoms with E-state index in [1.807, 2.05) is 228 Å². The van der Waals surface area contributed by atoms with Gasteiger partial charge >= 0.3 is 14.2 Å². The molecule has 446 valence electrons. The second kappa shape index (κ2) is 29.0. The van der Waals surface area contributed by atoms with Crippen LogP contribution >= 0.6 is 34.8 Å². The van der Waals surface area contributed by atoms with Crippen molar-refractivity contribution in [3.63, 3.8) is 0 Å². The van der Waals surface area contributed by atoms with Crippen molar-refractivity contribution in [2.75, 3.05) is 0 Å². The molecule has 0 unspecified atom stereocenters. The molecule has 10 nitrogen and oxygen atoms in total. The summed E-state index contributed by atoms with van der Waals surface area (Å²) in [5, 5.41) is 17.4. The molecule has 3 aromatic heterocycles. The Labute approximate surface area is 536 Å². The fraction of sp³-hybridized carbons (Fsp3) is 0.0833. The summed E-state index contributed by atoms with van der Waals surface area (Å²) >= 11 is 17.3. The van der Waals surface area contributed by atoms with Gasteiger partial charge in [0.25, 0.3) is 0 Å². The van der Waals surface area contributed by atoms with Crippen LogP contribution in [-0.4, -0.2) is 65.4 Å². The van der Waals surface area contributed by atoms with Gasteiger partial charge in [-0.05, 0) is 111 Å². The lowest BCUT2D eigenvalue weighted by Gasteiger charge is -2.32. The van der Waals surface area contributed by atoms with Crippen molar-refractivity contribution in [1.29, 1.82) is 0 Å². The van der Waals surface area contributed by atoms with Crippen molar-refractivity contribution in [2.45, 2.75) is 38.9 Å². The van der Waals surface area contributed by atoms with Crippen LogP contribution in [0.15, 0.2) is 255 Å².